The van der Waals surface area contributed by atoms with Crippen LogP contribution in [0.5, 0.6) is 0 Å². The zero-order valence-corrected chi connectivity index (χ0v) is 16.6. The number of nitrogens with zero attached hydrogens (tertiary/aromatic N) is 2. The first-order chi connectivity index (χ1) is 13.0. The Bertz CT molecular complexity index is 730. The van der Waals surface area contributed by atoms with Gasteiger partial charge in [0, 0.05) is 18.5 Å². The van der Waals surface area contributed by atoms with Crippen LogP contribution in [0.3, 0.4) is 0 Å². The van der Waals surface area contributed by atoms with Gasteiger partial charge in [-0.1, -0.05) is 39.3 Å². The van der Waals surface area contributed by atoms with Gasteiger partial charge >= 0.3 is 0 Å². The number of unbranched alkanes of at least 4 members (excludes halogenated alkanes) is 1. The number of benzene rings is 1. The van der Waals surface area contributed by atoms with Gasteiger partial charge < -0.3 is 14.5 Å². The molecule has 146 valence electrons. The fourth-order valence-corrected chi connectivity index (χ4v) is 4.97. The minimum absolute atomic E-state index is 0.0187. The quantitative estimate of drug-likeness (QED) is 0.800. The Kier molecular flexibility index (Phi) is 4.75. The fourth-order valence-electron chi connectivity index (χ4n) is 4.97. The van der Waals surface area contributed by atoms with Gasteiger partial charge in [-0.3, -0.25) is 9.59 Å². The highest BCUT2D eigenvalue weighted by Gasteiger charge is 2.65. The molecule has 3 saturated heterocycles. The number of likely N-dealkylation sites (tertiary alicyclic amines) is 1. The first-order valence-corrected chi connectivity index (χ1v) is 10.3. The molecule has 5 heteroatoms. The van der Waals surface area contributed by atoms with Crippen molar-refractivity contribution in [1.82, 2.24) is 9.80 Å². The van der Waals surface area contributed by atoms with Crippen molar-refractivity contribution < 1.29 is 14.3 Å². The molecule has 2 amide bonds. The molecule has 27 heavy (non-hydrogen) atoms. The molecule has 3 atom stereocenters. The Labute approximate surface area is 161 Å². The summed E-state index contributed by atoms with van der Waals surface area (Å²) in [5, 5.41) is 0. The van der Waals surface area contributed by atoms with Crippen LogP contribution in [0.4, 0.5) is 0 Å². The molecular weight excluding hydrogens is 340 g/mol. The zero-order chi connectivity index (χ0) is 19.2. The monoisotopic (exact) mass is 370 g/mol. The molecule has 1 spiro atoms. The van der Waals surface area contributed by atoms with E-state index in [1.807, 2.05) is 21.9 Å². The lowest BCUT2D eigenvalue weighted by Crippen LogP contribution is -2.51. The highest BCUT2D eigenvalue weighted by molar-refractivity contribution is 5.96. The van der Waals surface area contributed by atoms with E-state index in [2.05, 4.69) is 32.9 Å². The molecule has 0 N–H and O–H groups in total. The van der Waals surface area contributed by atoms with Crippen LogP contribution in [-0.4, -0.2) is 52.6 Å². The highest BCUT2D eigenvalue weighted by Crippen LogP contribution is 2.49. The topological polar surface area (TPSA) is 49.9 Å². The molecule has 1 aromatic carbocycles. The number of amides is 2. The van der Waals surface area contributed by atoms with Gasteiger partial charge in [0.05, 0.1) is 25.1 Å². The van der Waals surface area contributed by atoms with Crippen molar-refractivity contribution in [2.45, 2.75) is 70.7 Å². The minimum Gasteiger partial charge on any atom is -0.351 e. The Morgan fingerprint density at radius 3 is 2.70 bits per heavy atom. The number of hydrogen-bond donors (Lipinski definition) is 0. The SMILES string of the molecule is CCCCc1ccc(C(=O)N2CC[C@@]34OC[C@@H](C(C)C)N3C(=O)C[C@@H]24)cc1. The van der Waals surface area contributed by atoms with Crippen LogP contribution in [-0.2, 0) is 16.0 Å². The molecule has 3 aliphatic rings. The van der Waals surface area contributed by atoms with Crippen molar-refractivity contribution in [3.8, 4) is 0 Å². The Morgan fingerprint density at radius 1 is 1.30 bits per heavy atom. The Hall–Kier alpha value is -1.88. The zero-order valence-electron chi connectivity index (χ0n) is 16.6. The second kappa shape index (κ2) is 6.93. The first-order valence-electron chi connectivity index (χ1n) is 10.3. The summed E-state index contributed by atoms with van der Waals surface area (Å²) in [6.45, 7) is 7.67. The standard InChI is InChI=1S/C22H30N2O3/c1-4-5-6-16-7-9-17(10-8-16)21(26)23-12-11-22-19(23)13-20(25)24(22)18(14-27-22)15(2)3/h7-10,15,18-19H,4-6,11-14H2,1-3H3/t18-,19+,22-/m0/s1. The lowest BCUT2D eigenvalue weighted by molar-refractivity contribution is -0.139. The summed E-state index contributed by atoms with van der Waals surface area (Å²) in [7, 11) is 0. The van der Waals surface area contributed by atoms with E-state index < -0.39 is 5.72 Å². The van der Waals surface area contributed by atoms with E-state index >= 15 is 0 Å². The summed E-state index contributed by atoms with van der Waals surface area (Å²) in [6, 6.07) is 7.93. The Morgan fingerprint density at radius 2 is 2.04 bits per heavy atom. The third-order valence-electron chi connectivity index (χ3n) is 6.54. The second-order valence-corrected chi connectivity index (χ2v) is 8.50. The normalized spacial score (nSPS) is 29.6. The summed E-state index contributed by atoms with van der Waals surface area (Å²) in [5.41, 5.74) is 1.38. The molecule has 3 heterocycles. The summed E-state index contributed by atoms with van der Waals surface area (Å²) >= 11 is 0. The molecule has 1 aromatic rings. The summed E-state index contributed by atoms with van der Waals surface area (Å²) in [5.74, 6) is 0.501. The van der Waals surface area contributed by atoms with Crippen molar-refractivity contribution in [1.29, 1.82) is 0 Å². The van der Waals surface area contributed by atoms with Gasteiger partial charge in [0.25, 0.3) is 5.91 Å². The number of hydrogen-bond acceptors (Lipinski definition) is 3. The molecule has 0 radical (unpaired) electrons. The van der Waals surface area contributed by atoms with Crippen LogP contribution in [0.1, 0.15) is 62.4 Å². The van der Waals surface area contributed by atoms with E-state index in [4.69, 9.17) is 4.74 Å². The molecule has 0 aliphatic carbocycles. The molecule has 0 bridgehead atoms. The van der Waals surface area contributed by atoms with Crippen molar-refractivity contribution in [2.75, 3.05) is 13.2 Å². The molecule has 0 saturated carbocycles. The highest BCUT2D eigenvalue weighted by atomic mass is 16.5. The van der Waals surface area contributed by atoms with Crippen molar-refractivity contribution in [3.63, 3.8) is 0 Å². The van der Waals surface area contributed by atoms with Crippen LogP contribution in [0.15, 0.2) is 24.3 Å². The number of carbonyl (C=O) groups is 2. The second-order valence-electron chi connectivity index (χ2n) is 8.50. The molecular formula is C22H30N2O3. The van der Waals surface area contributed by atoms with Crippen LogP contribution in [0, 0.1) is 5.92 Å². The molecule has 4 rings (SSSR count). The summed E-state index contributed by atoms with van der Waals surface area (Å²) in [4.78, 5) is 29.7. The van der Waals surface area contributed by atoms with E-state index in [1.165, 1.54) is 12.0 Å². The Balaban J connectivity index is 1.53. The number of rotatable bonds is 5. The predicted octanol–water partition coefficient (Wildman–Crippen LogP) is 3.23. The third-order valence-corrected chi connectivity index (χ3v) is 6.54. The van der Waals surface area contributed by atoms with Crippen molar-refractivity contribution in [2.24, 2.45) is 5.92 Å². The van der Waals surface area contributed by atoms with Gasteiger partial charge in [0.2, 0.25) is 5.91 Å². The van der Waals surface area contributed by atoms with Gasteiger partial charge in [-0.15, -0.1) is 0 Å². The number of aryl methyl sites for hydroxylation is 1. The molecule has 3 fully saturated rings. The van der Waals surface area contributed by atoms with Gasteiger partial charge in [-0.05, 0) is 36.5 Å². The maximum Gasteiger partial charge on any atom is 0.254 e. The number of carbonyl (C=O) groups excluding carboxylic acids is 2. The van der Waals surface area contributed by atoms with E-state index in [1.54, 1.807) is 0 Å². The van der Waals surface area contributed by atoms with Crippen LogP contribution >= 0.6 is 0 Å². The smallest absolute Gasteiger partial charge is 0.254 e. The molecule has 0 aromatic heterocycles. The maximum absolute atomic E-state index is 13.2. The van der Waals surface area contributed by atoms with Crippen molar-refractivity contribution >= 4 is 11.8 Å². The van der Waals surface area contributed by atoms with Crippen LogP contribution in [0.2, 0.25) is 0 Å². The van der Waals surface area contributed by atoms with Crippen LogP contribution in [0.25, 0.3) is 0 Å². The lowest BCUT2D eigenvalue weighted by Gasteiger charge is -2.34. The number of ether oxygens (including phenoxy) is 1. The minimum atomic E-state index is -0.594. The van der Waals surface area contributed by atoms with Crippen LogP contribution < -0.4 is 0 Å². The average Bonchev–Trinajstić information content (AvgIpc) is 3.29. The van der Waals surface area contributed by atoms with Crippen molar-refractivity contribution in [3.05, 3.63) is 35.4 Å². The van der Waals surface area contributed by atoms with E-state index in [0.29, 0.717) is 37.5 Å². The predicted molar refractivity (Wildman–Crippen MR) is 103 cm³/mol. The molecule has 5 nitrogen and oxygen atoms in total. The fraction of sp³-hybridized carbons (Fsp3) is 0.636. The van der Waals surface area contributed by atoms with Gasteiger partial charge in [0.1, 0.15) is 0 Å². The molecule has 0 unspecified atom stereocenters. The van der Waals surface area contributed by atoms with E-state index in [9.17, 15) is 9.59 Å². The van der Waals surface area contributed by atoms with Gasteiger partial charge in [-0.2, -0.15) is 0 Å². The van der Waals surface area contributed by atoms with E-state index in [-0.39, 0.29) is 23.9 Å². The maximum atomic E-state index is 13.2. The largest absolute Gasteiger partial charge is 0.351 e. The van der Waals surface area contributed by atoms with Gasteiger partial charge in [-0.25, -0.2) is 0 Å². The van der Waals surface area contributed by atoms with E-state index in [0.717, 1.165) is 12.8 Å². The third kappa shape index (κ3) is 2.87. The average molecular weight is 370 g/mol. The summed E-state index contributed by atoms with van der Waals surface area (Å²) < 4.78 is 6.22. The first kappa shape index (κ1) is 18.5. The summed E-state index contributed by atoms with van der Waals surface area (Å²) in [6.07, 6.45) is 4.47. The lowest BCUT2D eigenvalue weighted by atomic mass is 10.0. The molecule has 3 aliphatic heterocycles. The van der Waals surface area contributed by atoms with Gasteiger partial charge in [0.15, 0.2) is 5.72 Å².